The van der Waals surface area contributed by atoms with Gasteiger partial charge in [-0.15, -0.1) is 6.58 Å². The Hall–Kier alpha value is -2.93. The monoisotopic (exact) mass is 469 g/mol. The van der Waals surface area contributed by atoms with Crippen LogP contribution in [0.1, 0.15) is 30.3 Å². The van der Waals surface area contributed by atoms with Crippen molar-refractivity contribution in [2.75, 3.05) is 14.2 Å². The highest BCUT2D eigenvalue weighted by Crippen LogP contribution is 2.32. The Morgan fingerprint density at radius 1 is 1.23 bits per heavy atom. The second-order valence-corrected chi connectivity index (χ2v) is 7.63. The first kappa shape index (κ1) is 21.8. The third-order valence-electron chi connectivity index (χ3n) is 4.61. The summed E-state index contributed by atoms with van der Waals surface area (Å²) >= 11 is 3.42. The Morgan fingerprint density at radius 2 is 2.03 bits per heavy atom. The van der Waals surface area contributed by atoms with Crippen LogP contribution in [0.25, 0.3) is 10.9 Å². The van der Waals surface area contributed by atoms with Gasteiger partial charge in [0, 0.05) is 16.5 Å². The summed E-state index contributed by atoms with van der Waals surface area (Å²) in [7, 11) is 3.19. The molecule has 0 aliphatic carbocycles. The van der Waals surface area contributed by atoms with Gasteiger partial charge < -0.3 is 9.47 Å². The first-order valence-electron chi connectivity index (χ1n) is 9.63. The zero-order valence-electron chi connectivity index (χ0n) is 17.3. The van der Waals surface area contributed by atoms with Gasteiger partial charge in [-0.1, -0.05) is 28.9 Å². The van der Waals surface area contributed by atoms with Crippen molar-refractivity contribution in [3.8, 4) is 11.5 Å². The van der Waals surface area contributed by atoms with E-state index in [1.165, 1.54) is 4.68 Å². The topological polar surface area (TPSA) is 65.7 Å². The van der Waals surface area contributed by atoms with Crippen molar-refractivity contribution < 1.29 is 9.47 Å². The van der Waals surface area contributed by atoms with E-state index in [0.717, 1.165) is 22.0 Å². The van der Waals surface area contributed by atoms with Gasteiger partial charge in [-0.2, -0.15) is 9.78 Å². The lowest BCUT2D eigenvalue weighted by molar-refractivity contribution is 0.352. The number of methoxy groups -OCH3 is 2. The SMILES string of the molecule is C=CCc1cc(C=Nn2c(CCC)nc3ccc(Br)cc3c2=O)cc(OC)c1OC. The number of hydrogen-bond acceptors (Lipinski definition) is 5. The summed E-state index contributed by atoms with van der Waals surface area (Å²) in [6.45, 7) is 5.85. The van der Waals surface area contributed by atoms with Gasteiger partial charge in [-0.3, -0.25) is 4.79 Å². The van der Waals surface area contributed by atoms with Gasteiger partial charge in [-0.25, -0.2) is 4.98 Å². The number of halogens is 1. The van der Waals surface area contributed by atoms with Crippen LogP contribution in [0.5, 0.6) is 11.5 Å². The van der Waals surface area contributed by atoms with Gasteiger partial charge in [0.2, 0.25) is 0 Å². The Bertz CT molecular complexity index is 1170. The molecule has 2 aromatic carbocycles. The maximum atomic E-state index is 13.1. The van der Waals surface area contributed by atoms with E-state index in [0.29, 0.717) is 41.1 Å². The quantitative estimate of drug-likeness (QED) is 0.353. The van der Waals surface area contributed by atoms with E-state index >= 15 is 0 Å². The zero-order chi connectivity index (χ0) is 21.7. The summed E-state index contributed by atoms with van der Waals surface area (Å²) in [5.74, 6) is 1.89. The smallest absolute Gasteiger partial charge is 0.282 e. The van der Waals surface area contributed by atoms with Crippen LogP contribution in [0, 0.1) is 0 Å². The first-order chi connectivity index (χ1) is 14.5. The molecule has 0 aliphatic rings. The van der Waals surface area contributed by atoms with Crippen molar-refractivity contribution in [2.45, 2.75) is 26.2 Å². The molecule has 0 radical (unpaired) electrons. The lowest BCUT2D eigenvalue weighted by Gasteiger charge is -2.13. The van der Waals surface area contributed by atoms with Gasteiger partial charge in [0.05, 0.1) is 31.3 Å². The molecule has 0 fully saturated rings. The molecule has 0 saturated heterocycles. The molecular weight excluding hydrogens is 446 g/mol. The lowest BCUT2D eigenvalue weighted by atomic mass is 10.1. The number of benzene rings is 2. The summed E-state index contributed by atoms with van der Waals surface area (Å²) < 4.78 is 13.1. The second-order valence-electron chi connectivity index (χ2n) is 6.71. The van der Waals surface area contributed by atoms with Crippen molar-refractivity contribution in [2.24, 2.45) is 5.10 Å². The van der Waals surface area contributed by atoms with Gasteiger partial charge in [-0.05, 0) is 48.7 Å². The Balaban J connectivity index is 2.14. The number of ether oxygens (including phenoxy) is 2. The van der Waals surface area contributed by atoms with Crippen molar-refractivity contribution in [3.63, 3.8) is 0 Å². The van der Waals surface area contributed by atoms with Crippen LogP contribution < -0.4 is 15.0 Å². The van der Waals surface area contributed by atoms with Crippen LogP contribution in [0.3, 0.4) is 0 Å². The molecule has 1 aromatic heterocycles. The Morgan fingerprint density at radius 3 is 2.70 bits per heavy atom. The standard InChI is InChI=1S/C23H24BrN3O3/c1-5-7-16-11-15(12-20(29-3)22(16)30-4)14-25-27-21(8-6-2)26-19-10-9-17(24)13-18(19)23(27)28/h5,9-14H,1,6-8H2,2-4H3. The van der Waals surface area contributed by atoms with Gasteiger partial charge in [0.1, 0.15) is 5.82 Å². The predicted octanol–water partition coefficient (Wildman–Crippen LogP) is 4.74. The molecule has 156 valence electrons. The largest absolute Gasteiger partial charge is 0.493 e. The predicted molar refractivity (Wildman–Crippen MR) is 124 cm³/mol. The molecule has 3 rings (SSSR count). The molecule has 0 unspecified atom stereocenters. The van der Waals surface area contributed by atoms with Gasteiger partial charge >= 0.3 is 0 Å². The molecule has 7 heteroatoms. The summed E-state index contributed by atoms with van der Waals surface area (Å²) in [5, 5.41) is 5.00. The number of nitrogens with zero attached hydrogens (tertiary/aromatic N) is 3. The number of allylic oxidation sites excluding steroid dienone is 1. The van der Waals surface area contributed by atoms with Crippen LogP contribution in [0.4, 0.5) is 0 Å². The molecule has 0 bridgehead atoms. The third-order valence-corrected chi connectivity index (χ3v) is 5.11. The van der Waals surface area contributed by atoms with E-state index < -0.39 is 0 Å². The Labute approximate surface area is 184 Å². The maximum absolute atomic E-state index is 13.1. The molecule has 1 heterocycles. The minimum Gasteiger partial charge on any atom is -0.493 e. The molecule has 0 atom stereocenters. The highest BCUT2D eigenvalue weighted by molar-refractivity contribution is 9.10. The number of hydrogen-bond donors (Lipinski definition) is 0. The fraction of sp³-hybridized carbons (Fsp3) is 0.261. The highest BCUT2D eigenvalue weighted by atomic mass is 79.9. The number of aromatic nitrogens is 2. The van der Waals surface area contributed by atoms with Crippen molar-refractivity contribution in [1.29, 1.82) is 0 Å². The molecule has 0 spiro atoms. The fourth-order valence-electron chi connectivity index (χ4n) is 3.27. The van der Waals surface area contributed by atoms with Crippen LogP contribution in [0.2, 0.25) is 0 Å². The van der Waals surface area contributed by atoms with Crippen LogP contribution in [-0.4, -0.2) is 30.1 Å². The van der Waals surface area contributed by atoms with Crippen molar-refractivity contribution in [1.82, 2.24) is 9.66 Å². The summed E-state index contributed by atoms with van der Waals surface area (Å²) in [4.78, 5) is 17.8. The molecule has 0 amide bonds. The van der Waals surface area contributed by atoms with Gasteiger partial charge in [0.25, 0.3) is 5.56 Å². The van der Waals surface area contributed by atoms with Gasteiger partial charge in [0.15, 0.2) is 11.5 Å². The normalized spacial score (nSPS) is 11.2. The molecule has 0 N–H and O–H groups in total. The maximum Gasteiger partial charge on any atom is 0.282 e. The average Bonchev–Trinajstić information content (AvgIpc) is 2.74. The molecule has 0 aliphatic heterocycles. The van der Waals surface area contributed by atoms with E-state index in [1.54, 1.807) is 32.6 Å². The second kappa shape index (κ2) is 9.71. The summed E-state index contributed by atoms with van der Waals surface area (Å²) in [6.07, 6.45) is 5.55. The molecule has 6 nitrogen and oxygen atoms in total. The average molecular weight is 470 g/mol. The molecule has 3 aromatic rings. The van der Waals surface area contributed by atoms with Crippen molar-refractivity contribution in [3.05, 3.63) is 74.8 Å². The number of fused-ring (bicyclic) bond motifs is 1. The third kappa shape index (κ3) is 4.46. The first-order valence-corrected chi connectivity index (χ1v) is 10.4. The minimum absolute atomic E-state index is 0.201. The summed E-state index contributed by atoms with van der Waals surface area (Å²) in [5.41, 5.74) is 2.17. The van der Waals surface area contributed by atoms with E-state index in [9.17, 15) is 4.79 Å². The van der Waals surface area contributed by atoms with E-state index in [-0.39, 0.29) is 5.56 Å². The highest BCUT2D eigenvalue weighted by Gasteiger charge is 2.13. The zero-order valence-corrected chi connectivity index (χ0v) is 18.9. The Kier molecular flexibility index (Phi) is 7.05. The molecule has 0 saturated carbocycles. The lowest BCUT2D eigenvalue weighted by Crippen LogP contribution is -2.22. The van der Waals surface area contributed by atoms with Crippen LogP contribution >= 0.6 is 15.9 Å². The molecule has 30 heavy (non-hydrogen) atoms. The fourth-order valence-corrected chi connectivity index (χ4v) is 3.63. The van der Waals surface area contributed by atoms with E-state index in [4.69, 9.17) is 9.47 Å². The van der Waals surface area contributed by atoms with E-state index in [1.807, 2.05) is 31.2 Å². The number of aryl methyl sites for hydroxylation is 1. The van der Waals surface area contributed by atoms with Crippen molar-refractivity contribution >= 4 is 33.0 Å². The van der Waals surface area contributed by atoms with Crippen LogP contribution in [0.15, 0.2) is 57.4 Å². The number of rotatable bonds is 8. The van der Waals surface area contributed by atoms with Crippen LogP contribution in [-0.2, 0) is 12.8 Å². The summed E-state index contributed by atoms with van der Waals surface area (Å²) in [6, 6.07) is 9.25. The molecular formula is C23H24BrN3O3. The minimum atomic E-state index is -0.201. The van der Waals surface area contributed by atoms with E-state index in [2.05, 4.69) is 32.6 Å².